The summed E-state index contributed by atoms with van der Waals surface area (Å²) in [6.45, 7) is 9.37. The molecule has 0 aromatic heterocycles. The van der Waals surface area contributed by atoms with Gasteiger partial charge >= 0.3 is 0 Å². The van der Waals surface area contributed by atoms with E-state index in [-0.39, 0.29) is 0 Å². The molecule has 0 amide bonds. The highest BCUT2D eigenvalue weighted by atomic mass is 14.3. The molecule has 0 heterocycles. The molecule has 5 atom stereocenters. The lowest BCUT2D eigenvalue weighted by molar-refractivity contribution is 0.428. The van der Waals surface area contributed by atoms with E-state index in [0.717, 1.165) is 0 Å². The van der Waals surface area contributed by atoms with E-state index in [1.807, 2.05) is 0 Å². The van der Waals surface area contributed by atoms with E-state index in [4.69, 9.17) is 0 Å². The summed E-state index contributed by atoms with van der Waals surface area (Å²) in [5.41, 5.74) is 7.62. The van der Waals surface area contributed by atoms with Crippen LogP contribution in [0.3, 0.4) is 0 Å². The Morgan fingerprint density at radius 3 is 0.933 bits per heavy atom. The van der Waals surface area contributed by atoms with Crippen molar-refractivity contribution in [3.63, 3.8) is 0 Å². The van der Waals surface area contributed by atoms with Gasteiger partial charge in [0.1, 0.15) is 0 Å². The molecule has 0 spiro atoms. The van der Waals surface area contributed by atoms with Crippen molar-refractivity contribution in [3.05, 3.63) is 143 Å². The molecular formula is C45H60. The second-order valence-electron chi connectivity index (χ2n) is 13.6. The van der Waals surface area contributed by atoms with Crippen LogP contribution >= 0.6 is 0 Å². The first-order chi connectivity index (χ1) is 22.2. The number of benzene rings is 4. The molecule has 4 aromatic carbocycles. The molecule has 45 heavy (non-hydrogen) atoms. The van der Waals surface area contributed by atoms with Gasteiger partial charge in [-0.25, -0.2) is 0 Å². The summed E-state index contributed by atoms with van der Waals surface area (Å²) in [5, 5.41) is 0. The van der Waals surface area contributed by atoms with Crippen LogP contribution in [-0.4, -0.2) is 0 Å². The Labute approximate surface area is 276 Å². The van der Waals surface area contributed by atoms with Gasteiger partial charge in [-0.2, -0.15) is 0 Å². The van der Waals surface area contributed by atoms with E-state index in [9.17, 15) is 0 Å². The molecule has 0 aliphatic heterocycles. The largest absolute Gasteiger partial charge is 0.0654 e. The number of unbranched alkanes of at least 4 members (excludes halogenated alkanes) is 1. The third kappa shape index (κ3) is 10.7. The van der Waals surface area contributed by atoms with Crippen molar-refractivity contribution in [2.45, 2.75) is 134 Å². The van der Waals surface area contributed by atoms with Gasteiger partial charge < -0.3 is 0 Å². The summed E-state index contributed by atoms with van der Waals surface area (Å²) < 4.78 is 0. The Balaban J connectivity index is 1.64. The van der Waals surface area contributed by atoms with Gasteiger partial charge in [-0.3, -0.25) is 0 Å². The Kier molecular flexibility index (Phi) is 15.0. The van der Waals surface area contributed by atoms with Gasteiger partial charge in [0.25, 0.3) is 0 Å². The van der Waals surface area contributed by atoms with Crippen molar-refractivity contribution in [2.24, 2.45) is 0 Å². The van der Waals surface area contributed by atoms with Crippen LogP contribution in [-0.2, 0) is 0 Å². The maximum absolute atomic E-state index is 2.52. The van der Waals surface area contributed by atoms with Crippen molar-refractivity contribution in [3.8, 4) is 0 Å². The topological polar surface area (TPSA) is 0 Å². The maximum atomic E-state index is 2.52. The van der Waals surface area contributed by atoms with Gasteiger partial charge in [0, 0.05) is 0 Å². The molecule has 0 aliphatic carbocycles. The Morgan fingerprint density at radius 2 is 0.600 bits per heavy atom. The molecular weight excluding hydrogens is 540 g/mol. The zero-order valence-corrected chi connectivity index (χ0v) is 28.8. The van der Waals surface area contributed by atoms with Crippen molar-refractivity contribution >= 4 is 0 Å². The van der Waals surface area contributed by atoms with Crippen LogP contribution in [0.2, 0.25) is 0 Å². The number of rotatable bonds is 20. The first kappa shape index (κ1) is 34.7. The van der Waals surface area contributed by atoms with Gasteiger partial charge in [0.05, 0.1) is 0 Å². The van der Waals surface area contributed by atoms with Gasteiger partial charge in [-0.1, -0.05) is 175 Å². The number of hydrogen-bond donors (Lipinski definition) is 0. The predicted molar refractivity (Wildman–Crippen MR) is 198 cm³/mol. The van der Waals surface area contributed by atoms with E-state index >= 15 is 0 Å². The first-order valence-electron chi connectivity index (χ1n) is 18.4. The molecule has 0 radical (unpaired) electrons. The minimum Gasteiger partial charge on any atom is -0.0654 e. The summed E-state index contributed by atoms with van der Waals surface area (Å²) in [6, 6.07) is 44.1. The Morgan fingerprint density at radius 1 is 0.311 bits per heavy atom. The molecule has 0 saturated carbocycles. The van der Waals surface area contributed by atoms with Crippen molar-refractivity contribution in [2.75, 3.05) is 0 Å². The van der Waals surface area contributed by atoms with Crippen LogP contribution in [0.15, 0.2) is 115 Å². The molecule has 0 nitrogen and oxygen atoms in total. The van der Waals surface area contributed by atoms with Crippen molar-refractivity contribution < 1.29 is 0 Å². The zero-order chi connectivity index (χ0) is 31.7. The summed E-state index contributed by atoms with van der Waals surface area (Å²) >= 11 is 0. The molecule has 2 unspecified atom stereocenters. The molecule has 0 aliphatic rings. The van der Waals surface area contributed by atoms with Gasteiger partial charge in [0.2, 0.25) is 0 Å². The number of hydrogen-bond acceptors (Lipinski definition) is 0. The fourth-order valence-corrected chi connectivity index (χ4v) is 7.79. The highest BCUT2D eigenvalue weighted by Crippen LogP contribution is 2.42. The highest BCUT2D eigenvalue weighted by molar-refractivity contribution is 5.31. The lowest BCUT2D eigenvalue weighted by Gasteiger charge is -2.29. The quantitative estimate of drug-likeness (QED) is 0.0946. The first-order valence-corrected chi connectivity index (χ1v) is 18.4. The minimum absolute atomic E-state index is 0.541. The standard InChI is InChI=1S/C45H60/c1-5-9-22-44(38-27-17-12-18-28-38)35-45(34-43(21-8-4)37-25-15-11-16-26-37)40-31-29-39(30-32-40)42(20-7-3)33-41(19-6-2)36-23-13-10-14-24-36/h10-18,23-32,41-45H,5-9,19-22,33-35H2,1-4H3/t41-,42?,43-,44-,45?/m0/s1. The van der Waals surface area contributed by atoms with Crippen LogP contribution in [0.1, 0.15) is 162 Å². The third-order valence-electron chi connectivity index (χ3n) is 10.2. The van der Waals surface area contributed by atoms with Gasteiger partial charge in [-0.15, -0.1) is 0 Å². The summed E-state index contributed by atoms with van der Waals surface area (Å²) in [5.74, 6) is 2.98. The van der Waals surface area contributed by atoms with Crippen molar-refractivity contribution in [1.82, 2.24) is 0 Å². The maximum Gasteiger partial charge on any atom is -0.0150 e. The fourth-order valence-electron chi connectivity index (χ4n) is 7.79. The van der Waals surface area contributed by atoms with E-state index in [1.165, 1.54) is 105 Å². The van der Waals surface area contributed by atoms with Crippen LogP contribution < -0.4 is 0 Å². The lowest BCUT2D eigenvalue weighted by atomic mass is 9.75. The van der Waals surface area contributed by atoms with E-state index in [0.29, 0.717) is 29.6 Å². The molecule has 0 fully saturated rings. The van der Waals surface area contributed by atoms with Gasteiger partial charge in [0.15, 0.2) is 0 Å². The molecule has 0 N–H and O–H groups in total. The second-order valence-corrected chi connectivity index (χ2v) is 13.6. The lowest BCUT2D eigenvalue weighted by Crippen LogP contribution is -2.12. The van der Waals surface area contributed by atoms with Crippen molar-refractivity contribution in [1.29, 1.82) is 0 Å². The predicted octanol–water partition coefficient (Wildman–Crippen LogP) is 14.0. The summed E-state index contributed by atoms with van der Waals surface area (Å²) in [7, 11) is 0. The van der Waals surface area contributed by atoms with E-state index in [2.05, 4.69) is 143 Å². The molecule has 0 heteroatoms. The van der Waals surface area contributed by atoms with Crippen LogP contribution in [0.4, 0.5) is 0 Å². The molecule has 240 valence electrons. The molecule has 0 bridgehead atoms. The summed E-state index contributed by atoms with van der Waals surface area (Å²) in [6.07, 6.45) is 15.0. The third-order valence-corrected chi connectivity index (χ3v) is 10.2. The van der Waals surface area contributed by atoms with Crippen LogP contribution in [0.5, 0.6) is 0 Å². The Hall–Kier alpha value is -3.12. The monoisotopic (exact) mass is 600 g/mol. The normalized spacial score (nSPS) is 14.8. The zero-order valence-electron chi connectivity index (χ0n) is 28.8. The fraction of sp³-hybridized carbons (Fsp3) is 0.467. The van der Waals surface area contributed by atoms with Gasteiger partial charge in [-0.05, 0) is 102 Å². The van der Waals surface area contributed by atoms with Crippen LogP contribution in [0, 0.1) is 0 Å². The van der Waals surface area contributed by atoms with E-state index < -0.39 is 0 Å². The van der Waals surface area contributed by atoms with E-state index in [1.54, 1.807) is 0 Å². The SMILES string of the molecule is CCCC[C@@H](CC(C[C@H](CCC)c1ccccc1)c1ccc(C(CCC)C[C@H](CCC)c2ccccc2)cc1)c1ccccc1. The average molecular weight is 601 g/mol. The molecule has 0 saturated heterocycles. The second kappa shape index (κ2) is 19.4. The minimum atomic E-state index is 0.541. The Bertz CT molecular complexity index is 1290. The summed E-state index contributed by atoms with van der Waals surface area (Å²) in [4.78, 5) is 0. The molecule has 4 rings (SSSR count). The smallest absolute Gasteiger partial charge is 0.0150 e. The molecule has 4 aromatic rings. The average Bonchev–Trinajstić information content (AvgIpc) is 3.10. The van der Waals surface area contributed by atoms with Crippen LogP contribution in [0.25, 0.3) is 0 Å². The highest BCUT2D eigenvalue weighted by Gasteiger charge is 2.25.